The van der Waals surface area contributed by atoms with Gasteiger partial charge < -0.3 is 15.2 Å². The first kappa shape index (κ1) is 17.8. The molecule has 9 heteroatoms. The number of hydrogen-bond donors (Lipinski definition) is 2. The van der Waals surface area contributed by atoms with Gasteiger partial charge in [0.15, 0.2) is 0 Å². The summed E-state index contributed by atoms with van der Waals surface area (Å²) in [4.78, 5) is 16.1. The molecule has 3 rings (SSSR count). The molecule has 0 aliphatic heterocycles. The molecule has 0 spiro atoms. The predicted octanol–water partition coefficient (Wildman–Crippen LogP) is 5.19. The van der Waals surface area contributed by atoms with Gasteiger partial charge in [0.05, 0.1) is 23.3 Å². The van der Waals surface area contributed by atoms with Crippen LogP contribution in [-0.2, 0) is 6.18 Å². The zero-order valence-corrected chi connectivity index (χ0v) is 13.8. The predicted molar refractivity (Wildman–Crippen MR) is 92.7 cm³/mol. The van der Waals surface area contributed by atoms with E-state index < -0.39 is 17.8 Å². The Bertz CT molecular complexity index is 926. The van der Waals surface area contributed by atoms with Gasteiger partial charge in [0.25, 0.3) is 0 Å². The van der Waals surface area contributed by atoms with Gasteiger partial charge >= 0.3 is 12.2 Å². The summed E-state index contributed by atoms with van der Waals surface area (Å²) in [5.41, 5.74) is -0.139. The van der Waals surface area contributed by atoms with Gasteiger partial charge in [-0.05, 0) is 36.4 Å². The van der Waals surface area contributed by atoms with E-state index >= 15 is 0 Å². The van der Waals surface area contributed by atoms with Crippen LogP contribution in [-0.4, -0.2) is 15.6 Å². The van der Waals surface area contributed by atoms with E-state index in [2.05, 4.69) is 15.6 Å². The number of anilines is 2. The zero-order valence-electron chi connectivity index (χ0n) is 13.1. The van der Waals surface area contributed by atoms with Crippen molar-refractivity contribution in [2.24, 2.45) is 0 Å². The molecule has 0 unspecified atom stereocenters. The Morgan fingerprint density at radius 2 is 1.92 bits per heavy atom. The number of carbonyl (C=O) groups excluding carboxylic acids is 1. The topological polar surface area (TPSA) is 59.0 Å². The Hall–Kier alpha value is -3.00. The number of alkyl halides is 3. The fraction of sp³-hybridized carbons (Fsp3) is 0.0588. The zero-order chi connectivity index (χ0) is 18.7. The summed E-state index contributed by atoms with van der Waals surface area (Å²) in [6.07, 6.45) is -0.0773. The normalized spacial score (nSPS) is 11.2. The van der Waals surface area contributed by atoms with E-state index in [1.807, 2.05) is 0 Å². The molecule has 134 valence electrons. The standard InChI is InChI=1S/C17H12ClF3N4O/c18-12-2-1-3-13(9-12)23-16(26)24-14-8-11(17(19,20)21)4-5-15(14)25-7-6-22-10-25/h1-10H,(H2,23,24,26). The Morgan fingerprint density at radius 1 is 1.12 bits per heavy atom. The first-order valence-corrected chi connectivity index (χ1v) is 7.74. The molecule has 2 N–H and O–H groups in total. The van der Waals surface area contributed by atoms with Gasteiger partial charge in [-0.2, -0.15) is 13.2 Å². The maximum Gasteiger partial charge on any atom is 0.416 e. The average molecular weight is 381 g/mol. The molecule has 0 atom stereocenters. The van der Waals surface area contributed by atoms with Crippen molar-refractivity contribution in [1.82, 2.24) is 9.55 Å². The lowest BCUT2D eigenvalue weighted by Gasteiger charge is -2.15. The lowest BCUT2D eigenvalue weighted by Crippen LogP contribution is -2.21. The highest BCUT2D eigenvalue weighted by Crippen LogP contribution is 2.33. The van der Waals surface area contributed by atoms with Crippen molar-refractivity contribution in [2.75, 3.05) is 10.6 Å². The number of nitrogens with one attached hydrogen (secondary N) is 2. The summed E-state index contributed by atoms with van der Waals surface area (Å²) in [6, 6.07) is 8.77. The fourth-order valence-electron chi connectivity index (χ4n) is 2.29. The summed E-state index contributed by atoms with van der Waals surface area (Å²) in [5, 5.41) is 5.38. The molecule has 1 heterocycles. The van der Waals surface area contributed by atoms with Crippen molar-refractivity contribution in [2.45, 2.75) is 6.18 Å². The van der Waals surface area contributed by atoms with E-state index in [0.717, 1.165) is 12.1 Å². The van der Waals surface area contributed by atoms with Gasteiger partial charge in [-0.25, -0.2) is 9.78 Å². The summed E-state index contributed by atoms with van der Waals surface area (Å²) < 4.78 is 40.5. The second-order valence-corrected chi connectivity index (χ2v) is 5.73. The molecule has 0 saturated carbocycles. The molecule has 0 aliphatic rings. The maximum atomic E-state index is 13.0. The second kappa shape index (κ2) is 7.09. The van der Waals surface area contributed by atoms with Gasteiger partial charge in [0, 0.05) is 23.1 Å². The largest absolute Gasteiger partial charge is 0.416 e. The second-order valence-electron chi connectivity index (χ2n) is 5.29. The minimum atomic E-state index is -4.53. The van der Waals surface area contributed by atoms with Crippen LogP contribution in [0, 0.1) is 0 Å². The van der Waals surface area contributed by atoms with Crippen LogP contribution in [0.1, 0.15) is 5.56 Å². The number of amides is 2. The third-order valence-electron chi connectivity index (χ3n) is 3.44. The third-order valence-corrected chi connectivity index (χ3v) is 3.67. The summed E-state index contributed by atoms with van der Waals surface area (Å²) in [6.45, 7) is 0. The lowest BCUT2D eigenvalue weighted by atomic mass is 10.1. The number of carbonyl (C=O) groups is 1. The van der Waals surface area contributed by atoms with Crippen LogP contribution in [0.15, 0.2) is 61.2 Å². The number of aromatic nitrogens is 2. The van der Waals surface area contributed by atoms with Crippen molar-refractivity contribution in [3.8, 4) is 5.69 Å². The SMILES string of the molecule is O=C(Nc1cccc(Cl)c1)Nc1cc(C(F)(F)F)ccc1-n1ccnc1. The van der Waals surface area contributed by atoms with Crippen molar-refractivity contribution in [3.05, 3.63) is 71.8 Å². The van der Waals surface area contributed by atoms with E-state index in [4.69, 9.17) is 11.6 Å². The lowest BCUT2D eigenvalue weighted by molar-refractivity contribution is -0.137. The molecule has 0 saturated heterocycles. The van der Waals surface area contributed by atoms with Gasteiger partial charge in [0.1, 0.15) is 0 Å². The number of hydrogen-bond acceptors (Lipinski definition) is 2. The number of nitrogens with zero attached hydrogens (tertiary/aromatic N) is 2. The Labute approximate surface area is 151 Å². The molecule has 2 amide bonds. The van der Waals surface area contributed by atoms with E-state index in [0.29, 0.717) is 16.4 Å². The molecule has 0 bridgehead atoms. The molecule has 5 nitrogen and oxygen atoms in total. The van der Waals surface area contributed by atoms with Crippen molar-refractivity contribution >= 4 is 29.0 Å². The number of halogens is 4. The fourth-order valence-corrected chi connectivity index (χ4v) is 2.48. The molecule has 0 fully saturated rings. The minimum absolute atomic E-state index is 0.0163. The minimum Gasteiger partial charge on any atom is -0.308 e. The highest BCUT2D eigenvalue weighted by atomic mass is 35.5. The monoisotopic (exact) mass is 380 g/mol. The van der Waals surface area contributed by atoms with Crippen LogP contribution < -0.4 is 10.6 Å². The number of imidazole rings is 1. The summed E-state index contributed by atoms with van der Waals surface area (Å²) in [5.74, 6) is 0. The van der Waals surface area contributed by atoms with Gasteiger partial charge in [-0.1, -0.05) is 17.7 Å². The highest BCUT2D eigenvalue weighted by molar-refractivity contribution is 6.30. The molecular weight excluding hydrogens is 369 g/mol. The van der Waals surface area contributed by atoms with Crippen LogP contribution in [0.3, 0.4) is 0 Å². The number of rotatable bonds is 3. The van der Waals surface area contributed by atoms with Crippen molar-refractivity contribution in [3.63, 3.8) is 0 Å². The Kier molecular flexibility index (Phi) is 4.85. The first-order chi connectivity index (χ1) is 12.3. The van der Waals surface area contributed by atoms with Crippen LogP contribution >= 0.6 is 11.6 Å². The number of urea groups is 1. The van der Waals surface area contributed by atoms with E-state index in [-0.39, 0.29) is 5.69 Å². The van der Waals surface area contributed by atoms with Crippen molar-refractivity contribution in [1.29, 1.82) is 0 Å². The molecule has 26 heavy (non-hydrogen) atoms. The highest BCUT2D eigenvalue weighted by Gasteiger charge is 2.31. The quantitative estimate of drug-likeness (QED) is 0.657. The molecule has 1 aromatic heterocycles. The third kappa shape index (κ3) is 4.15. The van der Waals surface area contributed by atoms with Gasteiger partial charge in [-0.15, -0.1) is 0 Å². The molecule has 2 aromatic carbocycles. The van der Waals surface area contributed by atoms with Crippen LogP contribution in [0.4, 0.5) is 29.3 Å². The number of benzene rings is 2. The van der Waals surface area contributed by atoms with Crippen LogP contribution in [0.2, 0.25) is 5.02 Å². The Morgan fingerprint density at radius 3 is 2.58 bits per heavy atom. The van der Waals surface area contributed by atoms with Crippen LogP contribution in [0.25, 0.3) is 5.69 Å². The van der Waals surface area contributed by atoms with E-state index in [9.17, 15) is 18.0 Å². The smallest absolute Gasteiger partial charge is 0.308 e. The summed E-state index contributed by atoms with van der Waals surface area (Å²) in [7, 11) is 0. The molecule has 3 aromatic rings. The maximum absolute atomic E-state index is 13.0. The van der Waals surface area contributed by atoms with Crippen LogP contribution in [0.5, 0.6) is 0 Å². The summed E-state index contributed by atoms with van der Waals surface area (Å²) >= 11 is 5.85. The molecule has 0 radical (unpaired) electrons. The van der Waals surface area contributed by atoms with E-state index in [1.165, 1.54) is 29.2 Å². The van der Waals surface area contributed by atoms with Gasteiger partial charge in [-0.3, -0.25) is 0 Å². The molecule has 0 aliphatic carbocycles. The average Bonchev–Trinajstić information content (AvgIpc) is 3.08. The molecular formula is C17H12ClF3N4O. The Balaban J connectivity index is 1.90. The first-order valence-electron chi connectivity index (χ1n) is 7.36. The van der Waals surface area contributed by atoms with Gasteiger partial charge in [0.2, 0.25) is 0 Å². The van der Waals surface area contributed by atoms with Crippen molar-refractivity contribution < 1.29 is 18.0 Å². The van der Waals surface area contributed by atoms with E-state index in [1.54, 1.807) is 24.4 Å².